The summed E-state index contributed by atoms with van der Waals surface area (Å²) in [6, 6.07) is 3.68. The Bertz CT molecular complexity index is 353. The van der Waals surface area contributed by atoms with Gasteiger partial charge < -0.3 is 14.0 Å². The van der Waals surface area contributed by atoms with Gasteiger partial charge in [0.2, 0.25) is 0 Å². The molecule has 0 saturated carbocycles. The fourth-order valence-corrected chi connectivity index (χ4v) is 2.07. The molecule has 1 aliphatic heterocycles. The fourth-order valence-electron chi connectivity index (χ4n) is 2.07. The monoisotopic (exact) mass is 223 g/mol. The lowest BCUT2D eigenvalue weighted by Gasteiger charge is -2.23. The summed E-state index contributed by atoms with van der Waals surface area (Å²) in [4.78, 5) is 11.5. The zero-order valence-corrected chi connectivity index (χ0v) is 9.52. The number of hydrogen-bond donors (Lipinski definition) is 0. The van der Waals surface area contributed by atoms with Gasteiger partial charge >= 0.3 is 5.97 Å². The molecule has 88 valence electrons. The number of hydrogen-bond acceptors (Lipinski definition) is 3. The first kappa shape index (κ1) is 11.2. The van der Waals surface area contributed by atoms with Crippen molar-refractivity contribution >= 4 is 5.97 Å². The Kier molecular flexibility index (Phi) is 3.62. The predicted molar refractivity (Wildman–Crippen MR) is 59.3 cm³/mol. The van der Waals surface area contributed by atoms with Gasteiger partial charge in [-0.05, 0) is 30.9 Å². The number of carbonyl (C=O) groups excluding carboxylic acids is 1. The molecule has 0 unspecified atom stereocenters. The molecule has 1 aromatic heterocycles. The topological polar surface area (TPSA) is 40.5 Å². The Morgan fingerprint density at radius 3 is 3.00 bits per heavy atom. The Balaban J connectivity index is 2.03. The summed E-state index contributed by atoms with van der Waals surface area (Å²) >= 11 is 0. The summed E-state index contributed by atoms with van der Waals surface area (Å²) < 4.78 is 12.0. The van der Waals surface area contributed by atoms with Crippen LogP contribution in [0.15, 0.2) is 18.3 Å². The van der Waals surface area contributed by atoms with Gasteiger partial charge in [-0.25, -0.2) is 4.79 Å². The molecule has 16 heavy (non-hydrogen) atoms. The summed E-state index contributed by atoms with van der Waals surface area (Å²) in [6.45, 7) is 2.54. The molecular weight excluding hydrogens is 206 g/mol. The van der Waals surface area contributed by atoms with Crippen LogP contribution < -0.4 is 0 Å². The molecule has 1 aliphatic rings. The molecule has 4 heteroatoms. The first-order valence-electron chi connectivity index (χ1n) is 5.62. The summed E-state index contributed by atoms with van der Waals surface area (Å²) in [5.41, 5.74) is 0.633. The molecule has 2 heterocycles. The summed E-state index contributed by atoms with van der Waals surface area (Å²) in [7, 11) is 1.41. The van der Waals surface area contributed by atoms with Gasteiger partial charge in [0.15, 0.2) is 0 Å². The van der Waals surface area contributed by atoms with Crippen molar-refractivity contribution in [3.8, 4) is 0 Å². The molecule has 0 N–H and O–H groups in total. The lowest BCUT2D eigenvalue weighted by atomic mass is 10.0. The maximum Gasteiger partial charge on any atom is 0.354 e. The van der Waals surface area contributed by atoms with Gasteiger partial charge in [-0.3, -0.25) is 0 Å². The van der Waals surface area contributed by atoms with Crippen molar-refractivity contribution in [3.05, 3.63) is 24.0 Å². The highest BCUT2D eigenvalue weighted by molar-refractivity contribution is 5.87. The maximum atomic E-state index is 11.5. The smallest absolute Gasteiger partial charge is 0.354 e. The quantitative estimate of drug-likeness (QED) is 0.732. The molecule has 4 nitrogen and oxygen atoms in total. The first-order chi connectivity index (χ1) is 7.81. The van der Waals surface area contributed by atoms with E-state index in [2.05, 4.69) is 0 Å². The van der Waals surface area contributed by atoms with Gasteiger partial charge in [0.1, 0.15) is 5.69 Å². The number of esters is 1. The van der Waals surface area contributed by atoms with E-state index in [1.807, 2.05) is 16.8 Å². The van der Waals surface area contributed by atoms with E-state index < -0.39 is 0 Å². The highest BCUT2D eigenvalue weighted by atomic mass is 16.5. The number of rotatable bonds is 3. The van der Waals surface area contributed by atoms with Crippen molar-refractivity contribution in [3.63, 3.8) is 0 Å². The van der Waals surface area contributed by atoms with Gasteiger partial charge in [-0.15, -0.1) is 0 Å². The normalized spacial score (nSPS) is 17.3. The van der Waals surface area contributed by atoms with Crippen molar-refractivity contribution in [1.82, 2.24) is 4.57 Å². The van der Waals surface area contributed by atoms with Crippen LogP contribution in [0.4, 0.5) is 0 Å². The second-order valence-corrected chi connectivity index (χ2v) is 4.09. The maximum absolute atomic E-state index is 11.5. The third-order valence-electron chi connectivity index (χ3n) is 3.02. The predicted octanol–water partition coefficient (Wildman–Crippen LogP) is 1.70. The van der Waals surface area contributed by atoms with Gasteiger partial charge in [-0.1, -0.05) is 0 Å². The molecule has 1 saturated heterocycles. The van der Waals surface area contributed by atoms with Gasteiger partial charge in [-0.2, -0.15) is 0 Å². The third kappa shape index (κ3) is 2.44. The number of aromatic nitrogens is 1. The number of ether oxygens (including phenoxy) is 2. The second kappa shape index (κ2) is 5.16. The van der Waals surface area contributed by atoms with Crippen LogP contribution in [-0.2, 0) is 16.0 Å². The standard InChI is InChI=1S/C12H17NO3/c1-15-12(14)11-3-2-6-13(11)9-10-4-7-16-8-5-10/h2-3,6,10H,4-5,7-9H2,1H3. The van der Waals surface area contributed by atoms with Crippen LogP contribution in [0.25, 0.3) is 0 Å². The molecule has 0 amide bonds. The molecule has 1 aromatic rings. The summed E-state index contributed by atoms with van der Waals surface area (Å²) in [5, 5.41) is 0. The molecule has 0 aliphatic carbocycles. The highest BCUT2D eigenvalue weighted by Crippen LogP contribution is 2.18. The van der Waals surface area contributed by atoms with Crippen LogP contribution >= 0.6 is 0 Å². The van der Waals surface area contributed by atoms with Crippen molar-refractivity contribution in [2.45, 2.75) is 19.4 Å². The van der Waals surface area contributed by atoms with Crippen LogP contribution in [0.5, 0.6) is 0 Å². The van der Waals surface area contributed by atoms with Gasteiger partial charge in [0.05, 0.1) is 7.11 Å². The lowest BCUT2D eigenvalue weighted by Crippen LogP contribution is -2.22. The number of methoxy groups -OCH3 is 1. The SMILES string of the molecule is COC(=O)c1cccn1CC1CCOCC1. The molecule has 2 rings (SSSR count). The van der Waals surface area contributed by atoms with Gasteiger partial charge in [0.25, 0.3) is 0 Å². The molecular formula is C12H17NO3. The van der Waals surface area contributed by atoms with Crippen molar-refractivity contribution in [2.75, 3.05) is 20.3 Å². The van der Waals surface area contributed by atoms with Crippen molar-refractivity contribution in [2.24, 2.45) is 5.92 Å². The van der Waals surface area contributed by atoms with E-state index in [1.54, 1.807) is 6.07 Å². The Morgan fingerprint density at radius 2 is 2.31 bits per heavy atom. The molecule has 1 fully saturated rings. The highest BCUT2D eigenvalue weighted by Gasteiger charge is 2.17. The van der Waals surface area contributed by atoms with Crippen LogP contribution in [0.3, 0.4) is 0 Å². The van der Waals surface area contributed by atoms with E-state index in [9.17, 15) is 4.79 Å². The van der Waals surface area contributed by atoms with Gasteiger partial charge in [0, 0.05) is 26.0 Å². The van der Waals surface area contributed by atoms with E-state index in [0.29, 0.717) is 11.6 Å². The van der Waals surface area contributed by atoms with E-state index >= 15 is 0 Å². The first-order valence-corrected chi connectivity index (χ1v) is 5.62. The Labute approximate surface area is 95.2 Å². The second-order valence-electron chi connectivity index (χ2n) is 4.09. The zero-order chi connectivity index (χ0) is 11.4. The van der Waals surface area contributed by atoms with E-state index in [4.69, 9.17) is 9.47 Å². The summed E-state index contributed by atoms with van der Waals surface area (Å²) in [6.07, 6.45) is 4.07. The largest absolute Gasteiger partial charge is 0.464 e. The average molecular weight is 223 g/mol. The molecule has 0 spiro atoms. The lowest BCUT2D eigenvalue weighted by molar-refractivity contribution is 0.0555. The van der Waals surface area contributed by atoms with Crippen LogP contribution in [0.1, 0.15) is 23.3 Å². The van der Waals surface area contributed by atoms with E-state index in [0.717, 1.165) is 32.6 Å². The Morgan fingerprint density at radius 1 is 1.56 bits per heavy atom. The van der Waals surface area contributed by atoms with E-state index in [-0.39, 0.29) is 5.97 Å². The van der Waals surface area contributed by atoms with Crippen LogP contribution in [-0.4, -0.2) is 30.9 Å². The molecule has 0 radical (unpaired) electrons. The molecule has 0 aromatic carbocycles. The van der Waals surface area contributed by atoms with Crippen molar-refractivity contribution < 1.29 is 14.3 Å². The number of nitrogens with zero attached hydrogens (tertiary/aromatic N) is 1. The molecule has 0 atom stereocenters. The van der Waals surface area contributed by atoms with Crippen LogP contribution in [0.2, 0.25) is 0 Å². The zero-order valence-electron chi connectivity index (χ0n) is 9.52. The van der Waals surface area contributed by atoms with E-state index in [1.165, 1.54) is 7.11 Å². The minimum Gasteiger partial charge on any atom is -0.464 e. The van der Waals surface area contributed by atoms with Crippen LogP contribution in [0, 0.1) is 5.92 Å². The summed E-state index contributed by atoms with van der Waals surface area (Å²) in [5.74, 6) is 0.335. The average Bonchev–Trinajstić information content (AvgIpc) is 2.77. The third-order valence-corrected chi connectivity index (χ3v) is 3.02. The minimum absolute atomic E-state index is 0.267. The number of carbonyl (C=O) groups is 1. The fraction of sp³-hybridized carbons (Fsp3) is 0.583. The van der Waals surface area contributed by atoms with Crippen molar-refractivity contribution in [1.29, 1.82) is 0 Å². The molecule has 0 bridgehead atoms. The Hall–Kier alpha value is -1.29. The minimum atomic E-state index is -0.267.